The van der Waals surface area contributed by atoms with E-state index >= 15 is 0 Å². The van der Waals surface area contributed by atoms with E-state index < -0.39 is 12.8 Å². The summed E-state index contributed by atoms with van der Waals surface area (Å²) in [6, 6.07) is 2.44. The highest BCUT2D eigenvalue weighted by molar-refractivity contribution is 5.90. The topological polar surface area (TPSA) is 77.2 Å². The number of carbonyl (C=O) groups excluding carboxylic acids is 1. The quantitative estimate of drug-likeness (QED) is 0.841. The number of anilines is 1. The minimum atomic E-state index is -4.41. The second kappa shape index (κ2) is 7.09. The summed E-state index contributed by atoms with van der Waals surface area (Å²) in [7, 11) is 0. The highest BCUT2D eigenvalue weighted by Crippen LogP contribution is 2.18. The Hall–Kier alpha value is -1.83. The molecular formula is C12H16F3N3O2. The summed E-state index contributed by atoms with van der Waals surface area (Å²) < 4.78 is 40.2. The summed E-state index contributed by atoms with van der Waals surface area (Å²) in [5.74, 6) is -0.435. The number of nitrogens with two attached hydrogens (primary N) is 1. The van der Waals surface area contributed by atoms with Gasteiger partial charge in [-0.3, -0.25) is 4.79 Å². The van der Waals surface area contributed by atoms with Crippen LogP contribution in [-0.4, -0.2) is 29.7 Å². The summed E-state index contributed by atoms with van der Waals surface area (Å²) in [6.07, 6.45) is -2.34. The van der Waals surface area contributed by atoms with Crippen LogP contribution in [0.2, 0.25) is 0 Å². The molecule has 1 aromatic heterocycles. The number of hydrogen-bond acceptors (Lipinski definition) is 4. The zero-order valence-electron chi connectivity index (χ0n) is 10.9. The molecule has 0 aliphatic heterocycles. The van der Waals surface area contributed by atoms with Gasteiger partial charge in [-0.1, -0.05) is 6.92 Å². The van der Waals surface area contributed by atoms with Crippen molar-refractivity contribution in [2.45, 2.75) is 32.0 Å². The third-order valence-corrected chi connectivity index (χ3v) is 2.38. The largest absolute Gasteiger partial charge is 0.468 e. The van der Waals surface area contributed by atoms with Gasteiger partial charge in [-0.05, 0) is 12.5 Å². The minimum Gasteiger partial charge on any atom is -0.468 e. The van der Waals surface area contributed by atoms with Crippen LogP contribution in [0.1, 0.15) is 19.8 Å². The number of nitrogens with zero attached hydrogens (tertiary/aromatic N) is 1. The van der Waals surface area contributed by atoms with E-state index in [0.717, 1.165) is 0 Å². The third-order valence-electron chi connectivity index (χ3n) is 2.38. The van der Waals surface area contributed by atoms with Crippen LogP contribution in [0, 0.1) is 0 Å². The normalized spacial score (nSPS) is 12.8. The predicted molar refractivity (Wildman–Crippen MR) is 67.3 cm³/mol. The average Bonchev–Trinajstić information content (AvgIpc) is 2.36. The van der Waals surface area contributed by atoms with E-state index in [1.54, 1.807) is 0 Å². The van der Waals surface area contributed by atoms with Crippen LogP contribution in [0.4, 0.5) is 18.9 Å². The average molecular weight is 291 g/mol. The summed E-state index contributed by atoms with van der Waals surface area (Å²) in [5.41, 5.74) is 6.00. The molecule has 5 nitrogen and oxygen atoms in total. The van der Waals surface area contributed by atoms with Gasteiger partial charge in [0.2, 0.25) is 11.8 Å². The van der Waals surface area contributed by atoms with E-state index in [-0.39, 0.29) is 24.2 Å². The fourth-order valence-electron chi connectivity index (χ4n) is 1.29. The smallest absolute Gasteiger partial charge is 0.422 e. The molecule has 1 heterocycles. The van der Waals surface area contributed by atoms with Gasteiger partial charge in [-0.2, -0.15) is 13.2 Å². The Balaban J connectivity index is 2.48. The van der Waals surface area contributed by atoms with E-state index in [9.17, 15) is 18.0 Å². The summed E-state index contributed by atoms with van der Waals surface area (Å²) in [6.45, 7) is 0.462. The van der Waals surface area contributed by atoms with Crippen LogP contribution in [0.25, 0.3) is 0 Å². The molecule has 3 N–H and O–H groups in total. The molecule has 0 radical (unpaired) electrons. The third kappa shape index (κ3) is 6.37. The molecule has 0 spiro atoms. The first-order chi connectivity index (χ1) is 9.30. The number of amides is 1. The van der Waals surface area contributed by atoms with Crippen LogP contribution in [0.3, 0.4) is 0 Å². The molecule has 0 fully saturated rings. The molecule has 8 heteroatoms. The van der Waals surface area contributed by atoms with Crippen LogP contribution < -0.4 is 15.8 Å². The monoisotopic (exact) mass is 291 g/mol. The number of halogens is 3. The highest BCUT2D eigenvalue weighted by atomic mass is 19.4. The number of ether oxygens (including phenoxy) is 1. The van der Waals surface area contributed by atoms with Crippen molar-refractivity contribution in [1.29, 1.82) is 0 Å². The van der Waals surface area contributed by atoms with Crippen molar-refractivity contribution in [2.75, 3.05) is 11.9 Å². The Bertz CT molecular complexity index is 435. The summed E-state index contributed by atoms with van der Waals surface area (Å²) in [5, 5.41) is 2.55. The number of aromatic nitrogens is 1. The van der Waals surface area contributed by atoms with E-state index in [1.165, 1.54) is 18.3 Å². The van der Waals surface area contributed by atoms with E-state index in [1.807, 2.05) is 6.92 Å². The van der Waals surface area contributed by atoms with Gasteiger partial charge in [0.25, 0.3) is 0 Å². The number of alkyl halides is 3. The lowest BCUT2D eigenvalue weighted by Crippen LogP contribution is -2.26. The number of hydrogen-bond donors (Lipinski definition) is 2. The van der Waals surface area contributed by atoms with Crippen molar-refractivity contribution in [2.24, 2.45) is 5.73 Å². The Morgan fingerprint density at radius 2 is 2.20 bits per heavy atom. The molecule has 112 valence electrons. The molecule has 0 saturated carbocycles. The molecule has 1 amide bonds. The second-order valence-electron chi connectivity index (χ2n) is 4.21. The Labute approximate surface area is 114 Å². The lowest BCUT2D eigenvalue weighted by atomic mass is 10.1. The first kappa shape index (κ1) is 16.2. The zero-order chi connectivity index (χ0) is 15.2. The predicted octanol–water partition coefficient (Wildman–Crippen LogP) is 2.09. The lowest BCUT2D eigenvalue weighted by Gasteiger charge is -2.10. The van der Waals surface area contributed by atoms with Crippen molar-refractivity contribution in [3.05, 3.63) is 18.3 Å². The van der Waals surface area contributed by atoms with Crippen LogP contribution >= 0.6 is 0 Å². The number of rotatable bonds is 6. The molecule has 0 aliphatic rings. The molecule has 20 heavy (non-hydrogen) atoms. The standard InChI is InChI=1S/C12H16F3N3O2/c1-2-8(16)5-10(19)18-9-3-4-11(17-6-9)20-7-12(13,14)15/h3-4,6,8H,2,5,7,16H2,1H3,(H,18,19). The maximum absolute atomic E-state index is 11.9. The minimum absolute atomic E-state index is 0.161. The fourth-order valence-corrected chi connectivity index (χ4v) is 1.29. The SMILES string of the molecule is CCC(N)CC(=O)Nc1ccc(OCC(F)(F)F)nc1. The van der Waals surface area contributed by atoms with E-state index in [0.29, 0.717) is 12.1 Å². The molecule has 0 saturated heterocycles. The van der Waals surface area contributed by atoms with Gasteiger partial charge >= 0.3 is 6.18 Å². The van der Waals surface area contributed by atoms with Crippen molar-refractivity contribution >= 4 is 11.6 Å². The summed E-state index contributed by atoms with van der Waals surface area (Å²) in [4.78, 5) is 15.2. The first-order valence-corrected chi connectivity index (χ1v) is 6.01. The maximum atomic E-state index is 11.9. The molecule has 1 rings (SSSR count). The van der Waals surface area contributed by atoms with Gasteiger partial charge in [-0.15, -0.1) is 0 Å². The van der Waals surface area contributed by atoms with Crippen molar-refractivity contribution in [3.63, 3.8) is 0 Å². The molecule has 0 bridgehead atoms. The zero-order valence-corrected chi connectivity index (χ0v) is 10.9. The van der Waals surface area contributed by atoms with Gasteiger partial charge in [0, 0.05) is 18.5 Å². The number of carbonyl (C=O) groups is 1. The Morgan fingerprint density at radius 1 is 1.50 bits per heavy atom. The first-order valence-electron chi connectivity index (χ1n) is 6.01. The summed E-state index contributed by atoms with van der Waals surface area (Å²) >= 11 is 0. The molecule has 0 aliphatic carbocycles. The second-order valence-corrected chi connectivity index (χ2v) is 4.21. The van der Waals surface area contributed by atoms with Crippen molar-refractivity contribution in [1.82, 2.24) is 4.98 Å². The molecule has 1 atom stereocenters. The van der Waals surface area contributed by atoms with Crippen LogP contribution in [0.15, 0.2) is 18.3 Å². The van der Waals surface area contributed by atoms with Gasteiger partial charge in [-0.25, -0.2) is 4.98 Å². The van der Waals surface area contributed by atoms with Crippen LogP contribution in [0.5, 0.6) is 5.88 Å². The van der Waals surface area contributed by atoms with Gasteiger partial charge in [0.1, 0.15) is 0 Å². The maximum Gasteiger partial charge on any atom is 0.422 e. The number of nitrogens with one attached hydrogen (secondary N) is 1. The Morgan fingerprint density at radius 3 is 2.70 bits per heavy atom. The number of pyridine rings is 1. The molecular weight excluding hydrogens is 275 g/mol. The fraction of sp³-hybridized carbons (Fsp3) is 0.500. The van der Waals surface area contributed by atoms with Gasteiger partial charge < -0.3 is 15.8 Å². The van der Waals surface area contributed by atoms with Crippen molar-refractivity contribution in [3.8, 4) is 5.88 Å². The lowest BCUT2D eigenvalue weighted by molar-refractivity contribution is -0.154. The van der Waals surface area contributed by atoms with Crippen LogP contribution in [-0.2, 0) is 4.79 Å². The molecule has 0 aromatic carbocycles. The highest BCUT2D eigenvalue weighted by Gasteiger charge is 2.28. The van der Waals surface area contributed by atoms with E-state index in [2.05, 4.69) is 15.0 Å². The Kier molecular flexibility index (Phi) is 5.75. The van der Waals surface area contributed by atoms with Gasteiger partial charge in [0.05, 0.1) is 11.9 Å². The molecule has 1 unspecified atom stereocenters. The van der Waals surface area contributed by atoms with Gasteiger partial charge in [0.15, 0.2) is 6.61 Å². The van der Waals surface area contributed by atoms with Crippen molar-refractivity contribution < 1.29 is 22.7 Å². The molecule has 1 aromatic rings. The van der Waals surface area contributed by atoms with E-state index in [4.69, 9.17) is 5.73 Å².